The summed E-state index contributed by atoms with van der Waals surface area (Å²) >= 11 is 0. The quantitative estimate of drug-likeness (QED) is 0.755. The van der Waals surface area contributed by atoms with Gasteiger partial charge < -0.3 is 0 Å². The Balaban J connectivity index is 1.64. The molecule has 0 aliphatic carbocycles. The lowest BCUT2D eigenvalue weighted by molar-refractivity contribution is -0.117. The van der Waals surface area contributed by atoms with E-state index in [9.17, 15) is 9.18 Å². The third kappa shape index (κ3) is 3.81. The van der Waals surface area contributed by atoms with Gasteiger partial charge in [0.15, 0.2) is 0 Å². The minimum atomic E-state index is -0.371. The predicted octanol–water partition coefficient (Wildman–Crippen LogP) is 2.67. The van der Waals surface area contributed by atoms with Crippen molar-refractivity contribution in [2.45, 2.75) is 19.3 Å². The van der Waals surface area contributed by atoms with Crippen molar-refractivity contribution in [2.75, 3.05) is 5.32 Å². The SMILES string of the molecule is CC(C(=O)Nc1n[nH]c(Cc2cccc(F)c2)n1)c1cccnc1. The molecule has 0 bridgehead atoms. The highest BCUT2D eigenvalue weighted by atomic mass is 19.1. The minimum Gasteiger partial charge on any atom is -0.293 e. The van der Waals surface area contributed by atoms with Crippen LogP contribution in [0, 0.1) is 5.82 Å². The summed E-state index contributed by atoms with van der Waals surface area (Å²) in [7, 11) is 0. The van der Waals surface area contributed by atoms with Gasteiger partial charge in [-0.3, -0.25) is 20.2 Å². The first-order chi connectivity index (χ1) is 11.6. The summed E-state index contributed by atoms with van der Waals surface area (Å²) in [4.78, 5) is 20.5. The topological polar surface area (TPSA) is 83.6 Å². The van der Waals surface area contributed by atoms with Crippen molar-refractivity contribution in [2.24, 2.45) is 0 Å². The number of amides is 1. The van der Waals surface area contributed by atoms with Crippen LogP contribution in [-0.4, -0.2) is 26.1 Å². The normalized spacial score (nSPS) is 11.9. The van der Waals surface area contributed by atoms with Crippen LogP contribution in [0.1, 0.15) is 29.8 Å². The first kappa shape index (κ1) is 15.8. The lowest BCUT2D eigenvalue weighted by Gasteiger charge is -2.09. The largest absolute Gasteiger partial charge is 0.293 e. The lowest BCUT2D eigenvalue weighted by atomic mass is 10.0. The minimum absolute atomic E-state index is 0.196. The molecule has 2 heterocycles. The summed E-state index contributed by atoms with van der Waals surface area (Å²) < 4.78 is 13.2. The molecule has 0 saturated heterocycles. The Morgan fingerprint density at radius 1 is 1.33 bits per heavy atom. The van der Waals surface area contributed by atoms with Crippen LogP contribution in [0.25, 0.3) is 0 Å². The molecule has 1 atom stereocenters. The Kier molecular flexibility index (Phi) is 4.60. The van der Waals surface area contributed by atoms with Gasteiger partial charge in [-0.25, -0.2) is 4.39 Å². The number of carbonyl (C=O) groups is 1. The molecule has 24 heavy (non-hydrogen) atoms. The van der Waals surface area contributed by atoms with E-state index < -0.39 is 0 Å². The molecule has 0 radical (unpaired) electrons. The van der Waals surface area contributed by atoms with Crippen molar-refractivity contribution < 1.29 is 9.18 Å². The van der Waals surface area contributed by atoms with Gasteiger partial charge >= 0.3 is 0 Å². The van der Waals surface area contributed by atoms with Crippen LogP contribution in [0.2, 0.25) is 0 Å². The predicted molar refractivity (Wildman–Crippen MR) is 86.9 cm³/mol. The van der Waals surface area contributed by atoms with Crippen molar-refractivity contribution in [1.29, 1.82) is 0 Å². The molecule has 1 unspecified atom stereocenters. The van der Waals surface area contributed by atoms with Crippen molar-refractivity contribution in [3.8, 4) is 0 Å². The van der Waals surface area contributed by atoms with Crippen LogP contribution in [-0.2, 0) is 11.2 Å². The zero-order chi connectivity index (χ0) is 16.9. The van der Waals surface area contributed by atoms with E-state index >= 15 is 0 Å². The van der Waals surface area contributed by atoms with E-state index in [-0.39, 0.29) is 23.6 Å². The van der Waals surface area contributed by atoms with Gasteiger partial charge in [0.2, 0.25) is 11.9 Å². The molecule has 3 aromatic rings. The number of pyridine rings is 1. The van der Waals surface area contributed by atoms with Gasteiger partial charge in [-0.15, -0.1) is 5.10 Å². The Hall–Kier alpha value is -3.09. The smallest absolute Gasteiger partial charge is 0.248 e. The number of hydrogen-bond acceptors (Lipinski definition) is 4. The molecule has 122 valence electrons. The monoisotopic (exact) mass is 325 g/mol. The molecule has 2 aromatic heterocycles. The zero-order valence-electron chi connectivity index (χ0n) is 13.0. The number of aromatic nitrogens is 4. The number of hydrogen-bond donors (Lipinski definition) is 2. The molecule has 0 aliphatic heterocycles. The number of H-pyrrole nitrogens is 1. The fourth-order valence-corrected chi connectivity index (χ4v) is 2.27. The van der Waals surface area contributed by atoms with Crippen molar-refractivity contribution in [1.82, 2.24) is 20.2 Å². The molecule has 3 rings (SSSR count). The van der Waals surface area contributed by atoms with Crippen LogP contribution in [0.4, 0.5) is 10.3 Å². The summed E-state index contributed by atoms with van der Waals surface area (Å²) in [6, 6.07) is 9.88. The zero-order valence-corrected chi connectivity index (χ0v) is 13.0. The first-order valence-corrected chi connectivity index (χ1v) is 7.48. The summed E-state index contributed by atoms with van der Waals surface area (Å²) in [5.41, 5.74) is 1.58. The Morgan fingerprint density at radius 2 is 2.21 bits per heavy atom. The number of benzene rings is 1. The van der Waals surface area contributed by atoms with Crippen LogP contribution < -0.4 is 5.32 Å². The van der Waals surface area contributed by atoms with Crippen molar-refractivity contribution >= 4 is 11.9 Å². The number of anilines is 1. The maximum Gasteiger partial charge on any atom is 0.248 e. The summed E-state index contributed by atoms with van der Waals surface area (Å²) in [6.45, 7) is 1.78. The molecule has 1 aromatic carbocycles. The fourth-order valence-electron chi connectivity index (χ4n) is 2.27. The van der Waals surface area contributed by atoms with Gasteiger partial charge in [0.1, 0.15) is 11.6 Å². The second kappa shape index (κ2) is 6.99. The molecule has 0 fully saturated rings. The lowest BCUT2D eigenvalue weighted by Crippen LogP contribution is -2.19. The van der Waals surface area contributed by atoms with Gasteiger partial charge in [-0.05, 0) is 36.2 Å². The summed E-state index contributed by atoms with van der Waals surface area (Å²) in [6.07, 6.45) is 3.71. The number of halogens is 1. The molecule has 0 saturated carbocycles. The van der Waals surface area contributed by atoms with Gasteiger partial charge in [0.05, 0.1) is 5.92 Å². The van der Waals surface area contributed by atoms with Crippen molar-refractivity contribution in [3.63, 3.8) is 0 Å². The number of carbonyl (C=O) groups excluding carboxylic acids is 1. The standard InChI is InChI=1S/C17H16FN5O/c1-11(13-5-3-7-19-10-13)16(24)21-17-20-15(22-23-17)9-12-4-2-6-14(18)8-12/h2-8,10-11H,9H2,1H3,(H2,20,21,22,23,24). The fraction of sp³-hybridized carbons (Fsp3) is 0.176. The first-order valence-electron chi connectivity index (χ1n) is 7.48. The van der Waals surface area contributed by atoms with E-state index in [1.54, 1.807) is 37.5 Å². The van der Waals surface area contributed by atoms with Crippen LogP contribution in [0.5, 0.6) is 0 Å². The number of aromatic amines is 1. The summed E-state index contributed by atoms with van der Waals surface area (Å²) in [5, 5.41) is 9.38. The number of nitrogens with one attached hydrogen (secondary N) is 2. The number of nitrogens with zero attached hydrogens (tertiary/aromatic N) is 3. The van der Waals surface area contributed by atoms with E-state index in [1.807, 2.05) is 6.07 Å². The molecule has 2 N–H and O–H groups in total. The highest BCUT2D eigenvalue weighted by molar-refractivity contribution is 5.94. The maximum atomic E-state index is 13.2. The third-order valence-corrected chi connectivity index (χ3v) is 3.61. The molecule has 0 aliphatic rings. The average Bonchev–Trinajstić information content (AvgIpc) is 3.02. The van der Waals surface area contributed by atoms with Crippen LogP contribution in [0.3, 0.4) is 0 Å². The second-order valence-corrected chi connectivity index (χ2v) is 5.41. The molecule has 7 heteroatoms. The Labute approximate surface area is 138 Å². The third-order valence-electron chi connectivity index (χ3n) is 3.61. The highest BCUT2D eigenvalue weighted by Gasteiger charge is 2.17. The van der Waals surface area contributed by atoms with Crippen LogP contribution in [0.15, 0.2) is 48.8 Å². The summed E-state index contributed by atoms with van der Waals surface area (Å²) in [5.74, 6) is -0.152. The van der Waals surface area contributed by atoms with Gasteiger partial charge in [-0.1, -0.05) is 18.2 Å². The van der Waals surface area contributed by atoms with E-state index in [2.05, 4.69) is 25.5 Å². The Bertz CT molecular complexity index is 834. The molecule has 1 amide bonds. The maximum absolute atomic E-state index is 13.2. The van der Waals surface area contributed by atoms with E-state index in [0.717, 1.165) is 11.1 Å². The number of rotatable bonds is 5. The molecular weight excluding hydrogens is 309 g/mol. The van der Waals surface area contributed by atoms with E-state index in [1.165, 1.54) is 12.1 Å². The van der Waals surface area contributed by atoms with Crippen LogP contribution >= 0.6 is 0 Å². The van der Waals surface area contributed by atoms with Gasteiger partial charge in [0, 0.05) is 18.8 Å². The Morgan fingerprint density at radius 3 is 2.96 bits per heavy atom. The average molecular weight is 325 g/mol. The van der Waals surface area contributed by atoms with E-state index in [4.69, 9.17) is 0 Å². The molecule has 6 nitrogen and oxygen atoms in total. The second-order valence-electron chi connectivity index (χ2n) is 5.41. The molecule has 0 spiro atoms. The van der Waals surface area contributed by atoms with Gasteiger partial charge in [-0.2, -0.15) is 4.98 Å². The van der Waals surface area contributed by atoms with E-state index in [0.29, 0.717) is 12.2 Å². The van der Waals surface area contributed by atoms with Crippen molar-refractivity contribution in [3.05, 3.63) is 71.6 Å². The van der Waals surface area contributed by atoms with Gasteiger partial charge in [0.25, 0.3) is 0 Å². The highest BCUT2D eigenvalue weighted by Crippen LogP contribution is 2.15. The molecular formula is C17H16FN5O.